The van der Waals surface area contributed by atoms with Crippen molar-refractivity contribution in [3.8, 4) is 39.9 Å². The number of methoxy groups -OCH3 is 1. The first-order chi connectivity index (χ1) is 55.2. The Hall–Kier alpha value is -12.8. The average molecular weight is 1810 g/mol. The molecule has 2 saturated heterocycles. The summed E-state index contributed by atoms with van der Waals surface area (Å²) >= 11 is 10.5. The van der Waals surface area contributed by atoms with Crippen LogP contribution in [-0.2, 0) is 54.5 Å². The first-order valence-corrected chi connectivity index (χ1v) is 38.8. The molecule has 10 N–H and O–H groups in total. The minimum absolute atomic E-state index is 0.00167. The van der Waals surface area contributed by atoms with Crippen molar-refractivity contribution in [3.05, 3.63) is 241 Å². The number of nitrogen functional groups attached to an aromatic ring is 2. The second kappa shape index (κ2) is 37.2. The van der Waals surface area contributed by atoms with E-state index in [1.165, 1.54) is 52.3 Å². The second-order valence-corrected chi connectivity index (χ2v) is 30.5. The number of H-pyrrole nitrogens is 2. The zero-order valence-electron chi connectivity index (χ0n) is 61.7. The van der Waals surface area contributed by atoms with Gasteiger partial charge in [0.1, 0.15) is 33.1 Å². The van der Waals surface area contributed by atoms with E-state index in [4.69, 9.17) is 32.8 Å². The van der Waals surface area contributed by atoms with Crippen molar-refractivity contribution in [1.29, 1.82) is 0 Å². The van der Waals surface area contributed by atoms with Gasteiger partial charge in [0.15, 0.2) is 11.4 Å². The number of alkyl halides is 3. The van der Waals surface area contributed by atoms with Crippen LogP contribution in [0.2, 0.25) is 5.15 Å². The van der Waals surface area contributed by atoms with Crippen molar-refractivity contribution in [1.82, 2.24) is 54.8 Å². The van der Waals surface area contributed by atoms with E-state index in [9.17, 15) is 99.6 Å². The molecule has 0 atom stereocenters. The number of allylic oxidation sites excluding steroid dienone is 6. The highest BCUT2D eigenvalue weighted by Crippen LogP contribution is 2.50. The summed E-state index contributed by atoms with van der Waals surface area (Å²) in [7, 11) is 0.362. The summed E-state index contributed by atoms with van der Waals surface area (Å²) in [5.41, 5.74) is 3.11. The van der Waals surface area contributed by atoms with Crippen molar-refractivity contribution in [3.63, 3.8) is 0 Å². The van der Waals surface area contributed by atoms with Gasteiger partial charge < -0.3 is 55.1 Å². The van der Waals surface area contributed by atoms with Crippen LogP contribution >= 0.6 is 57.7 Å². The van der Waals surface area contributed by atoms with Crippen LogP contribution in [0.5, 0.6) is 11.6 Å². The van der Waals surface area contributed by atoms with Gasteiger partial charge in [-0.2, -0.15) is 17.6 Å². The molecular weight excluding hydrogens is 1750 g/mol. The quantitative estimate of drug-likeness (QED) is 0.00387. The largest absolute Gasteiger partial charge is 0.502 e. The van der Waals surface area contributed by atoms with E-state index in [2.05, 4.69) is 73.2 Å². The van der Waals surface area contributed by atoms with Crippen LogP contribution in [0.4, 0.5) is 38.5 Å². The lowest BCUT2D eigenvalue weighted by Gasteiger charge is -2.23. The molecule has 0 radical (unpaired) electrons. The fourth-order valence-electron chi connectivity index (χ4n) is 11.1. The number of carbonyl (C=O) groups is 7. The summed E-state index contributed by atoms with van der Waals surface area (Å²) < 4.78 is 96.4. The number of rotatable bonds is 15. The third-order valence-corrected chi connectivity index (χ3v) is 20.4. The SMILES string of the molecule is CCCCN1C=C([N+](=O)[O-])/C(=C2/C(=O)NC(=O)N2CC)C=C1F.CCOC(=O)C1=C(NC(=O)OC)C(=C2C(=O)N(C)N(C)C2=O)C=CS1.CS(=O)(=O)N=c1cc(-c2[nH]c(=O)[nH]c2O)ccn1-c1ccc(N)cc1.Nn1c(C(F)(F)F)c([N+](=O)[O-])c(-c2onc(Cl)c2O)cc1=O.O=C1ON=C(c2ccccc2)/C1=C1\C=C(I)SC(C2CC2)=C1. The number of aromatic amines is 2. The molecule has 616 valence electrons. The maximum atomic E-state index is 14.2. The van der Waals surface area contributed by atoms with Gasteiger partial charge in [-0.25, -0.2) is 37.1 Å². The summed E-state index contributed by atoms with van der Waals surface area (Å²) in [4.78, 5) is 141. The third-order valence-electron chi connectivity index (χ3n) is 16.8. The predicted molar refractivity (Wildman–Crippen MR) is 421 cm³/mol. The van der Waals surface area contributed by atoms with E-state index in [1.807, 2.05) is 43.3 Å². The molecule has 2 aromatic carbocycles. The van der Waals surface area contributed by atoms with E-state index < -0.39 is 123 Å². The number of hydrogen-bond donors (Lipinski definition) is 8. The number of urea groups is 1. The van der Waals surface area contributed by atoms with Crippen LogP contribution in [0.1, 0.15) is 57.7 Å². The Morgan fingerprint density at radius 1 is 0.915 bits per heavy atom. The van der Waals surface area contributed by atoms with Gasteiger partial charge in [-0.3, -0.25) is 69.9 Å². The third kappa shape index (κ3) is 20.5. The number of aromatic hydroxyl groups is 2. The molecule has 6 amide bonds. The number of nitrogens with two attached hydrogens (primary N) is 2. The number of hydrazine groups is 1. The number of unbranched alkanes of at least 4 members (excludes halogenated alkanes) is 1. The Kier molecular flexibility index (Phi) is 28.0. The van der Waals surface area contributed by atoms with Crippen LogP contribution < -0.4 is 38.9 Å². The number of carbonyl (C=O) groups excluding carboxylic acids is 7. The number of anilines is 1. The summed E-state index contributed by atoms with van der Waals surface area (Å²) in [5.74, 6) is -0.175. The zero-order chi connectivity index (χ0) is 86.0. The molecule has 1 aliphatic carbocycles. The van der Waals surface area contributed by atoms with E-state index in [1.54, 1.807) is 66.7 Å². The summed E-state index contributed by atoms with van der Waals surface area (Å²) in [5, 5.41) is 56.3. The Morgan fingerprint density at radius 2 is 1.58 bits per heavy atom. The maximum absolute atomic E-state index is 14.2. The number of nitrogens with one attached hydrogen (secondary N) is 4. The van der Waals surface area contributed by atoms with E-state index in [0.717, 1.165) is 74.8 Å². The van der Waals surface area contributed by atoms with Crippen LogP contribution in [0.25, 0.3) is 28.3 Å². The number of aromatic nitrogens is 5. The standard InChI is InChI=1S/C17H12INO2S.C15H15N5O4S.C15H17N3O6S.C14H17FN4O4.C9H4ClF3N4O5/c18-14-9-12(8-13(22-14)10-6-7-10)15-16(19-21-17(15)20)11-4-2-1-3-5-11;1-25(23,24)19-12-8-9(13-14(21)18-15(22)17-13)6-7-20(12)11-4-2-10(16)3-5-11;1-5-24-14(21)11-10(16-15(22)23-4)8(6-7-25-11)9-12(19)17(2)18(3)13(9)20;1-3-5-6-17-8-10(19(22)23)9(7-11(17)15)12-13(20)16-14(21)18(12)4-2;10-8-5(19)6(22-15-8)2-1-3(18)16(14)7(9(11,12)13)4(2)17(20)21/h1-5,8-10H,6-7H2;2-8,21H,16H2,1H3,(H2,17,18,22);6-7H,5H2,1-4H3,(H,16,22);7-8H,3-6H2,1-2H3,(H,16,20,21);1,19H,14H2/b15-12+;;;12-9-;. The molecule has 13 rings (SSSR count). The Bertz CT molecular complexity index is 5740. The number of benzene rings is 2. The molecule has 0 unspecified atom stereocenters. The lowest BCUT2D eigenvalue weighted by atomic mass is 9.97. The molecule has 6 aromatic rings. The van der Waals surface area contributed by atoms with Crippen molar-refractivity contribution < 1.29 is 98.4 Å². The van der Waals surface area contributed by atoms with Crippen molar-refractivity contribution >= 4 is 127 Å². The van der Waals surface area contributed by atoms with Crippen LogP contribution in [0.15, 0.2) is 202 Å². The first-order valence-electron chi connectivity index (χ1n) is 33.8. The Labute approximate surface area is 684 Å². The number of pyridine rings is 2. The van der Waals surface area contributed by atoms with Crippen molar-refractivity contribution in [2.24, 2.45) is 15.5 Å². The smallest absolute Gasteiger partial charge is 0.440 e. The van der Waals surface area contributed by atoms with Gasteiger partial charge in [0.2, 0.25) is 28.2 Å². The number of nitro groups is 2. The number of halogens is 6. The van der Waals surface area contributed by atoms with Crippen LogP contribution in [0.3, 0.4) is 0 Å². The zero-order valence-corrected chi connectivity index (χ0v) is 67.1. The van der Waals surface area contributed by atoms with Crippen LogP contribution in [0, 0.1) is 26.1 Å². The summed E-state index contributed by atoms with van der Waals surface area (Å²) in [6.07, 6.45) is 8.01. The van der Waals surface area contributed by atoms with Gasteiger partial charge in [0, 0.05) is 73.6 Å². The lowest BCUT2D eigenvalue weighted by Crippen LogP contribution is -2.34. The maximum Gasteiger partial charge on any atom is 0.440 e. The van der Waals surface area contributed by atoms with Gasteiger partial charge in [-0.1, -0.05) is 89.1 Å². The Balaban J connectivity index is 0.000000167. The highest BCUT2D eigenvalue weighted by Gasteiger charge is 2.47. The number of imidazole rings is 1. The number of nitrogens with zero attached hydrogens (tertiary/aromatic N) is 11. The number of esters is 1. The number of sulfonamides is 1. The highest BCUT2D eigenvalue weighted by atomic mass is 127. The fourth-order valence-corrected chi connectivity index (χ4v) is 14.6. The number of imide groups is 1. The Morgan fingerprint density at radius 3 is 2.14 bits per heavy atom. The molecule has 0 spiro atoms. The van der Waals surface area contributed by atoms with E-state index in [-0.39, 0.29) is 69.2 Å². The molecule has 47 heteroatoms. The average Bonchev–Trinajstić information content (AvgIpc) is 1.37. The minimum atomic E-state index is -5.31. The summed E-state index contributed by atoms with van der Waals surface area (Å²) in [6, 6.07) is 19.2. The molecule has 0 bridgehead atoms. The molecule has 6 aliphatic heterocycles. The molecule has 10 heterocycles. The van der Waals surface area contributed by atoms with Gasteiger partial charge in [-0.15, -0.1) is 4.40 Å². The molecule has 7 aliphatic rings. The number of thioether (sulfide) groups is 2. The van der Waals surface area contributed by atoms with Gasteiger partial charge in [0.25, 0.3) is 39.0 Å². The normalized spacial score (nSPS) is 17.4. The highest BCUT2D eigenvalue weighted by molar-refractivity contribution is 14.1. The topological polar surface area (TPSA) is 523 Å². The lowest BCUT2D eigenvalue weighted by molar-refractivity contribution is -0.421. The fraction of sp³-hybridized carbons (Fsp3) is 0.229. The second-order valence-electron chi connectivity index (χ2n) is 24.6. The van der Waals surface area contributed by atoms with Gasteiger partial charge in [0.05, 0.1) is 55.8 Å². The number of oxime groups is 1. The van der Waals surface area contributed by atoms with Gasteiger partial charge >= 0.3 is 41.6 Å². The van der Waals surface area contributed by atoms with Crippen molar-refractivity contribution in [2.75, 3.05) is 58.7 Å². The predicted octanol–water partition coefficient (Wildman–Crippen LogP) is 8.75. The van der Waals surface area contributed by atoms with Crippen molar-refractivity contribution in [2.45, 2.75) is 52.6 Å². The number of amides is 6. The molecule has 117 heavy (non-hydrogen) atoms. The number of alkyl carbamates (subject to hydrolysis) is 1. The molecule has 3 fully saturated rings. The summed E-state index contributed by atoms with van der Waals surface area (Å²) in [6.45, 7) is 5.74. The molecular formula is C70H65ClF4IN17O21S3. The van der Waals surface area contributed by atoms with E-state index in [0.29, 0.717) is 53.2 Å². The number of likely N-dealkylation sites (N-methyl/N-ethyl adjacent to an activating group) is 3. The number of ether oxygens (including phenoxy) is 2. The molecule has 38 nitrogen and oxygen atoms in total. The monoisotopic (exact) mass is 1810 g/mol. The molecule has 1 saturated carbocycles. The van der Waals surface area contributed by atoms with E-state index >= 15 is 0 Å². The molecule has 4 aromatic heterocycles. The number of hydrogen-bond acceptors (Lipinski definition) is 28. The van der Waals surface area contributed by atoms with Gasteiger partial charge in [-0.05, 0) is 132 Å². The van der Waals surface area contributed by atoms with Crippen LogP contribution in [-0.4, -0.2) is 167 Å². The minimum Gasteiger partial charge on any atom is -0.502 e. The first kappa shape index (κ1) is 88.1.